The number of fused-ring (bicyclic) bond motifs is 1. The van der Waals surface area contributed by atoms with Crippen LogP contribution >= 0.6 is 0 Å². The number of carbonyl (C=O) groups excluding carboxylic acids is 1. The zero-order valence-electron chi connectivity index (χ0n) is 16.6. The summed E-state index contributed by atoms with van der Waals surface area (Å²) in [4.78, 5) is 11.7. The molecule has 0 amide bonds. The van der Waals surface area contributed by atoms with Crippen molar-refractivity contribution in [3.8, 4) is 23.0 Å². The van der Waals surface area contributed by atoms with Crippen LogP contribution in [0.15, 0.2) is 42.5 Å². The lowest BCUT2D eigenvalue weighted by molar-refractivity contribution is -0.151. The highest BCUT2D eigenvalue weighted by Gasteiger charge is 2.27. The van der Waals surface area contributed by atoms with Crippen LogP contribution < -0.4 is 18.9 Å². The second kappa shape index (κ2) is 9.34. The van der Waals surface area contributed by atoms with Crippen molar-refractivity contribution in [1.82, 2.24) is 0 Å². The molecule has 0 radical (unpaired) electrons. The van der Waals surface area contributed by atoms with E-state index in [2.05, 4.69) is 0 Å². The van der Waals surface area contributed by atoms with Crippen molar-refractivity contribution in [2.45, 2.75) is 26.1 Å². The minimum absolute atomic E-state index is 0.0444. The minimum atomic E-state index is -0.652. The van der Waals surface area contributed by atoms with Gasteiger partial charge in [-0.05, 0) is 36.8 Å². The highest BCUT2D eigenvalue weighted by Crippen LogP contribution is 2.37. The Bertz CT molecular complexity index is 891. The van der Waals surface area contributed by atoms with E-state index in [9.17, 15) is 4.79 Å². The molecule has 29 heavy (non-hydrogen) atoms. The number of benzene rings is 2. The van der Waals surface area contributed by atoms with E-state index >= 15 is 0 Å². The molecule has 0 fully saturated rings. The van der Waals surface area contributed by atoms with E-state index in [0.717, 1.165) is 11.1 Å². The molecule has 154 valence electrons. The Kier molecular flexibility index (Phi) is 6.61. The van der Waals surface area contributed by atoms with E-state index < -0.39 is 18.2 Å². The van der Waals surface area contributed by atoms with Crippen LogP contribution in [0.2, 0.25) is 0 Å². The molecular formula is C22H24O7. The Morgan fingerprint density at radius 3 is 2.69 bits per heavy atom. The molecule has 1 N–H and O–H groups in total. The first kappa shape index (κ1) is 20.5. The Morgan fingerprint density at radius 2 is 1.97 bits per heavy atom. The van der Waals surface area contributed by atoms with Crippen LogP contribution in [0, 0.1) is 0 Å². The summed E-state index contributed by atoms with van der Waals surface area (Å²) in [7, 11) is 1.55. The summed E-state index contributed by atoms with van der Waals surface area (Å²) in [6.45, 7) is 3.29. The molecule has 0 aromatic heterocycles. The third-order valence-corrected chi connectivity index (χ3v) is 4.36. The molecular weight excluding hydrogens is 376 g/mol. The Morgan fingerprint density at radius 1 is 1.17 bits per heavy atom. The van der Waals surface area contributed by atoms with Gasteiger partial charge in [0.25, 0.3) is 0 Å². The predicted molar refractivity (Wildman–Crippen MR) is 106 cm³/mol. The summed E-state index contributed by atoms with van der Waals surface area (Å²) < 4.78 is 27.8. The third-order valence-electron chi connectivity index (χ3n) is 4.36. The average Bonchev–Trinajstić information content (AvgIpc) is 3.18. The quantitative estimate of drug-likeness (QED) is 0.679. The second-order valence-corrected chi connectivity index (χ2v) is 6.46. The standard InChI is InChI=1S/C22H24O7/c1-14(28-19-8-6-16(5-4-10-23)11-20(19)25-3)22(29-15(2)24)17-7-9-18-21(12-17)27-13-26-18/h4-9,11-12,14,22-23H,10,13H2,1-3H3/t14-,22-/m1/s1. The van der Waals surface area contributed by atoms with Crippen LogP contribution in [0.5, 0.6) is 23.0 Å². The lowest BCUT2D eigenvalue weighted by atomic mass is 10.0. The number of aliphatic hydroxyl groups excluding tert-OH is 1. The molecule has 3 rings (SSSR count). The van der Waals surface area contributed by atoms with Gasteiger partial charge in [-0.3, -0.25) is 4.79 Å². The normalized spacial score (nSPS) is 14.5. The van der Waals surface area contributed by atoms with Crippen molar-refractivity contribution in [3.05, 3.63) is 53.6 Å². The zero-order valence-corrected chi connectivity index (χ0v) is 16.6. The van der Waals surface area contributed by atoms with E-state index in [1.807, 2.05) is 19.1 Å². The largest absolute Gasteiger partial charge is 0.493 e. The van der Waals surface area contributed by atoms with Gasteiger partial charge in [0.05, 0.1) is 13.7 Å². The summed E-state index contributed by atoms with van der Waals surface area (Å²) in [5.74, 6) is 1.88. The van der Waals surface area contributed by atoms with Gasteiger partial charge >= 0.3 is 5.97 Å². The Labute approximate surface area is 169 Å². The fourth-order valence-electron chi connectivity index (χ4n) is 3.04. The van der Waals surface area contributed by atoms with Crippen LogP contribution in [0.3, 0.4) is 0 Å². The fraction of sp³-hybridized carbons (Fsp3) is 0.318. The summed E-state index contributed by atoms with van der Waals surface area (Å²) in [6.07, 6.45) is 2.26. The third kappa shape index (κ3) is 5.00. The molecule has 0 unspecified atom stereocenters. The maximum absolute atomic E-state index is 11.7. The van der Waals surface area contributed by atoms with Gasteiger partial charge in [-0.1, -0.05) is 24.3 Å². The first-order valence-corrected chi connectivity index (χ1v) is 9.20. The van der Waals surface area contributed by atoms with Crippen molar-refractivity contribution in [2.24, 2.45) is 0 Å². The van der Waals surface area contributed by atoms with Crippen LogP contribution in [0.25, 0.3) is 6.08 Å². The van der Waals surface area contributed by atoms with E-state index in [1.165, 1.54) is 6.92 Å². The zero-order chi connectivity index (χ0) is 20.8. The second-order valence-electron chi connectivity index (χ2n) is 6.46. The van der Waals surface area contributed by atoms with Gasteiger partial charge in [0.2, 0.25) is 6.79 Å². The number of rotatable bonds is 8. The number of methoxy groups -OCH3 is 1. The van der Waals surface area contributed by atoms with Gasteiger partial charge in [0, 0.05) is 12.5 Å². The van der Waals surface area contributed by atoms with E-state index in [4.69, 9.17) is 28.8 Å². The van der Waals surface area contributed by atoms with E-state index in [-0.39, 0.29) is 13.4 Å². The van der Waals surface area contributed by atoms with E-state index in [1.54, 1.807) is 43.5 Å². The molecule has 1 aliphatic rings. The number of carbonyl (C=O) groups is 1. The lowest BCUT2D eigenvalue weighted by Gasteiger charge is -2.26. The molecule has 0 saturated heterocycles. The maximum atomic E-state index is 11.7. The van der Waals surface area contributed by atoms with Crippen molar-refractivity contribution in [2.75, 3.05) is 20.5 Å². The summed E-state index contributed by atoms with van der Waals surface area (Å²) in [5, 5.41) is 8.93. The number of ether oxygens (including phenoxy) is 5. The van der Waals surface area contributed by atoms with Crippen LogP contribution in [-0.4, -0.2) is 37.7 Å². The number of aliphatic hydroxyl groups is 1. The van der Waals surface area contributed by atoms with Gasteiger partial charge in [-0.15, -0.1) is 0 Å². The fourth-order valence-corrected chi connectivity index (χ4v) is 3.04. The molecule has 0 aliphatic carbocycles. The van der Waals surface area contributed by atoms with Gasteiger partial charge in [0.1, 0.15) is 6.10 Å². The van der Waals surface area contributed by atoms with Gasteiger partial charge in [0.15, 0.2) is 29.1 Å². The predicted octanol–water partition coefficient (Wildman–Crippen LogP) is 3.50. The molecule has 2 aromatic rings. The molecule has 2 atom stereocenters. The van der Waals surface area contributed by atoms with Gasteiger partial charge in [-0.25, -0.2) is 0 Å². The van der Waals surface area contributed by atoms with Crippen LogP contribution in [0.4, 0.5) is 0 Å². The number of esters is 1. The SMILES string of the molecule is COc1cc(C=CCO)ccc1O[C@H](C)[C@@H](OC(C)=O)c1ccc2c(c1)OCO2. The molecule has 0 saturated carbocycles. The summed E-state index contributed by atoms with van der Waals surface area (Å²) in [6, 6.07) is 10.8. The average molecular weight is 400 g/mol. The molecule has 1 aliphatic heterocycles. The molecule has 0 spiro atoms. The number of hydrogen-bond donors (Lipinski definition) is 1. The first-order chi connectivity index (χ1) is 14.0. The van der Waals surface area contributed by atoms with Crippen LogP contribution in [-0.2, 0) is 9.53 Å². The monoisotopic (exact) mass is 400 g/mol. The molecule has 1 heterocycles. The van der Waals surface area contributed by atoms with Crippen LogP contribution in [0.1, 0.15) is 31.1 Å². The van der Waals surface area contributed by atoms with Crippen molar-refractivity contribution in [1.29, 1.82) is 0 Å². The highest BCUT2D eigenvalue weighted by molar-refractivity contribution is 5.66. The number of hydrogen-bond acceptors (Lipinski definition) is 7. The topological polar surface area (TPSA) is 83.5 Å². The Balaban J connectivity index is 1.84. The highest BCUT2D eigenvalue weighted by atomic mass is 16.7. The summed E-state index contributed by atoms with van der Waals surface area (Å²) in [5.41, 5.74) is 1.60. The van der Waals surface area contributed by atoms with Crippen molar-refractivity contribution < 1.29 is 33.6 Å². The van der Waals surface area contributed by atoms with Gasteiger partial charge < -0.3 is 28.8 Å². The molecule has 7 nitrogen and oxygen atoms in total. The smallest absolute Gasteiger partial charge is 0.303 e. The minimum Gasteiger partial charge on any atom is -0.493 e. The van der Waals surface area contributed by atoms with Gasteiger partial charge in [-0.2, -0.15) is 0 Å². The molecule has 2 aromatic carbocycles. The summed E-state index contributed by atoms with van der Waals surface area (Å²) >= 11 is 0. The lowest BCUT2D eigenvalue weighted by Crippen LogP contribution is -2.26. The molecule has 0 bridgehead atoms. The van der Waals surface area contributed by atoms with Crippen molar-refractivity contribution in [3.63, 3.8) is 0 Å². The van der Waals surface area contributed by atoms with Crippen molar-refractivity contribution >= 4 is 12.0 Å². The Hall–Kier alpha value is -3.19. The maximum Gasteiger partial charge on any atom is 0.303 e. The van der Waals surface area contributed by atoms with E-state index in [0.29, 0.717) is 23.0 Å². The first-order valence-electron chi connectivity index (χ1n) is 9.20. The molecule has 7 heteroatoms.